The number of carbonyl (C=O) groups is 2. The molecule has 8 heteroatoms. The second-order valence-corrected chi connectivity index (χ2v) is 9.46. The average Bonchev–Trinajstić information content (AvgIpc) is 3.58. The lowest BCUT2D eigenvalue weighted by atomic mass is 9.85. The van der Waals surface area contributed by atoms with E-state index in [9.17, 15) is 9.59 Å². The average molecular weight is 563 g/mol. The van der Waals surface area contributed by atoms with Crippen molar-refractivity contribution in [3.63, 3.8) is 0 Å². The van der Waals surface area contributed by atoms with Gasteiger partial charge in [0.1, 0.15) is 0 Å². The first kappa shape index (κ1) is 24.2. The minimum atomic E-state index is -0.118. The summed E-state index contributed by atoms with van der Waals surface area (Å²) in [6, 6.07) is 11.1. The van der Waals surface area contributed by atoms with Crippen LogP contribution in [0, 0.1) is 23.7 Å². The van der Waals surface area contributed by atoms with Gasteiger partial charge in [-0.2, -0.15) is 0 Å². The monoisotopic (exact) mass is 563 g/mol. The van der Waals surface area contributed by atoms with Crippen molar-refractivity contribution in [3.05, 3.63) is 48.0 Å². The maximum absolute atomic E-state index is 12.8. The van der Waals surface area contributed by atoms with Crippen molar-refractivity contribution in [2.24, 2.45) is 28.7 Å². The van der Waals surface area contributed by atoms with E-state index in [0.717, 1.165) is 32.0 Å². The van der Waals surface area contributed by atoms with Gasteiger partial charge in [0.25, 0.3) is 0 Å². The molecule has 33 heavy (non-hydrogen) atoms. The highest BCUT2D eigenvalue weighted by Gasteiger charge is 2.58. The van der Waals surface area contributed by atoms with Gasteiger partial charge in [0.05, 0.1) is 11.8 Å². The molecule has 2 bridgehead atoms. The zero-order valence-electron chi connectivity index (χ0n) is 19.2. The Morgan fingerprint density at radius 2 is 1.76 bits per heavy atom. The van der Waals surface area contributed by atoms with Crippen LogP contribution in [0.1, 0.15) is 24.8 Å². The summed E-state index contributed by atoms with van der Waals surface area (Å²) in [5, 5.41) is 6.73. The van der Waals surface area contributed by atoms with Crippen molar-refractivity contribution in [2.45, 2.75) is 31.8 Å². The molecule has 3 fully saturated rings. The first-order chi connectivity index (χ1) is 15.7. The third kappa shape index (κ3) is 4.82. The number of amides is 2. The third-order valence-electron chi connectivity index (χ3n) is 7.65. The van der Waals surface area contributed by atoms with Crippen molar-refractivity contribution in [1.82, 2.24) is 20.4 Å². The summed E-state index contributed by atoms with van der Waals surface area (Å²) in [5.74, 6) is 1.05. The molecule has 2 aliphatic carbocycles. The fourth-order valence-corrected chi connectivity index (χ4v) is 6.06. The number of rotatable bonds is 7. The van der Waals surface area contributed by atoms with E-state index in [1.54, 1.807) is 7.05 Å². The molecule has 0 aromatic heterocycles. The lowest BCUT2D eigenvalue weighted by molar-refractivity contribution is -0.140. The van der Waals surface area contributed by atoms with Crippen LogP contribution in [0.5, 0.6) is 0 Å². The van der Waals surface area contributed by atoms with Gasteiger partial charge in [-0.3, -0.25) is 24.4 Å². The van der Waals surface area contributed by atoms with E-state index in [1.165, 1.54) is 23.3 Å². The van der Waals surface area contributed by atoms with Crippen LogP contribution in [0.25, 0.3) is 0 Å². The lowest BCUT2D eigenvalue weighted by Crippen LogP contribution is -2.47. The molecule has 2 amide bonds. The summed E-state index contributed by atoms with van der Waals surface area (Å²) in [7, 11) is 1.76. The van der Waals surface area contributed by atoms with E-state index in [-0.39, 0.29) is 59.5 Å². The molecule has 0 radical (unpaired) electrons. The number of aliphatic imine (C=N–C) groups is 1. The second kappa shape index (κ2) is 10.5. The second-order valence-electron chi connectivity index (χ2n) is 9.46. The molecular weight excluding hydrogens is 529 g/mol. The van der Waals surface area contributed by atoms with Gasteiger partial charge in [0.2, 0.25) is 11.8 Å². The number of nitrogens with zero attached hydrogens (tertiary/aromatic N) is 3. The third-order valence-corrected chi connectivity index (χ3v) is 7.65. The Morgan fingerprint density at radius 3 is 2.42 bits per heavy atom. The van der Waals surface area contributed by atoms with E-state index < -0.39 is 0 Å². The fraction of sp³-hybridized carbons (Fsp3) is 0.560. The molecular formula is C25H34IN5O2. The van der Waals surface area contributed by atoms with Gasteiger partial charge in [-0.15, -0.1) is 24.0 Å². The summed E-state index contributed by atoms with van der Waals surface area (Å²) in [6.07, 6.45) is 7.62. The number of fused-ring (bicyclic) bond motifs is 5. The number of benzene rings is 1. The van der Waals surface area contributed by atoms with Gasteiger partial charge in [-0.25, -0.2) is 0 Å². The van der Waals surface area contributed by atoms with Gasteiger partial charge < -0.3 is 10.6 Å². The van der Waals surface area contributed by atoms with Crippen LogP contribution in [0.4, 0.5) is 0 Å². The topological polar surface area (TPSA) is 77.0 Å². The molecule has 2 saturated heterocycles. The molecule has 5 atom stereocenters. The van der Waals surface area contributed by atoms with Crippen LogP contribution < -0.4 is 10.6 Å². The smallest absolute Gasteiger partial charge is 0.233 e. The van der Waals surface area contributed by atoms with Gasteiger partial charge in [0.15, 0.2) is 5.96 Å². The number of halogens is 1. The van der Waals surface area contributed by atoms with Gasteiger partial charge in [-0.05, 0) is 43.2 Å². The number of likely N-dealkylation sites (tertiary alicyclic amines) is 2. The van der Waals surface area contributed by atoms with Crippen LogP contribution in [0.15, 0.2) is 47.5 Å². The van der Waals surface area contributed by atoms with Crippen molar-refractivity contribution in [3.8, 4) is 0 Å². The molecule has 2 aliphatic heterocycles. The molecule has 2 N–H and O–H groups in total. The summed E-state index contributed by atoms with van der Waals surface area (Å²) < 4.78 is 0. The van der Waals surface area contributed by atoms with Crippen molar-refractivity contribution in [2.75, 3.05) is 33.2 Å². The summed E-state index contributed by atoms with van der Waals surface area (Å²) in [6.45, 7) is 3.82. The Kier molecular flexibility index (Phi) is 7.73. The highest BCUT2D eigenvalue weighted by atomic mass is 127. The van der Waals surface area contributed by atoms with E-state index in [2.05, 4.69) is 63.0 Å². The zero-order chi connectivity index (χ0) is 22.1. The van der Waals surface area contributed by atoms with Crippen molar-refractivity contribution in [1.29, 1.82) is 0 Å². The highest BCUT2D eigenvalue weighted by molar-refractivity contribution is 14.0. The Bertz CT molecular complexity index is 891. The number of nitrogens with one attached hydrogen (secondary N) is 2. The van der Waals surface area contributed by atoms with Crippen LogP contribution in [0.2, 0.25) is 0 Å². The predicted octanol–water partition coefficient (Wildman–Crippen LogP) is 2.24. The Morgan fingerprint density at radius 1 is 1.06 bits per heavy atom. The quantitative estimate of drug-likeness (QED) is 0.175. The van der Waals surface area contributed by atoms with Gasteiger partial charge >= 0.3 is 0 Å². The van der Waals surface area contributed by atoms with E-state index in [0.29, 0.717) is 19.1 Å². The van der Waals surface area contributed by atoms with Gasteiger partial charge in [-0.1, -0.05) is 42.5 Å². The van der Waals surface area contributed by atoms with Crippen LogP contribution in [-0.2, 0) is 16.1 Å². The predicted molar refractivity (Wildman–Crippen MR) is 139 cm³/mol. The molecule has 5 unspecified atom stereocenters. The molecule has 1 aromatic carbocycles. The summed E-state index contributed by atoms with van der Waals surface area (Å²) in [4.78, 5) is 33.9. The molecule has 2 heterocycles. The van der Waals surface area contributed by atoms with E-state index in [1.807, 2.05) is 0 Å². The SMILES string of the molecule is CN=C(NCCN1C(=O)C2C3C=CC(C3)C2C1=O)NCC1CCCN1Cc1ccccc1.I. The van der Waals surface area contributed by atoms with Gasteiger partial charge in [0, 0.05) is 39.3 Å². The van der Waals surface area contributed by atoms with Crippen molar-refractivity contribution >= 4 is 41.8 Å². The summed E-state index contributed by atoms with van der Waals surface area (Å²) in [5.41, 5.74) is 1.34. The highest BCUT2D eigenvalue weighted by Crippen LogP contribution is 2.52. The zero-order valence-corrected chi connectivity index (χ0v) is 21.5. The molecule has 178 valence electrons. The standard InChI is InChI=1S/C25H33N5O2.HI/c1-26-25(28-15-20-8-5-12-29(20)16-17-6-3-2-4-7-17)27-11-13-30-23(31)21-18-9-10-19(14-18)22(21)24(30)32;/h2-4,6-7,9-10,18-22H,5,8,11-16H2,1H3,(H2,26,27,28);1H. The van der Waals surface area contributed by atoms with E-state index in [4.69, 9.17) is 0 Å². The summed E-state index contributed by atoms with van der Waals surface area (Å²) >= 11 is 0. The molecule has 4 aliphatic rings. The largest absolute Gasteiger partial charge is 0.355 e. The maximum Gasteiger partial charge on any atom is 0.233 e. The number of guanidine groups is 1. The normalized spacial score (nSPS) is 30.6. The van der Waals surface area contributed by atoms with Crippen molar-refractivity contribution < 1.29 is 9.59 Å². The first-order valence-corrected chi connectivity index (χ1v) is 11.9. The molecule has 0 spiro atoms. The Balaban J connectivity index is 0.00000259. The Hall–Kier alpha value is -1.94. The fourth-order valence-electron chi connectivity index (χ4n) is 6.06. The number of imide groups is 1. The van der Waals surface area contributed by atoms with Crippen LogP contribution >= 0.6 is 24.0 Å². The van der Waals surface area contributed by atoms with Crippen LogP contribution in [-0.4, -0.2) is 66.8 Å². The van der Waals surface area contributed by atoms with E-state index >= 15 is 0 Å². The lowest BCUT2D eigenvalue weighted by Gasteiger charge is -2.26. The Labute approximate surface area is 213 Å². The number of hydrogen-bond donors (Lipinski definition) is 2. The minimum absolute atomic E-state index is 0. The van der Waals surface area contributed by atoms with Crippen LogP contribution in [0.3, 0.4) is 0 Å². The number of carbonyl (C=O) groups excluding carboxylic acids is 2. The molecule has 1 saturated carbocycles. The molecule has 5 rings (SSSR count). The molecule has 7 nitrogen and oxygen atoms in total. The first-order valence-electron chi connectivity index (χ1n) is 11.9. The maximum atomic E-state index is 12.8. The minimum Gasteiger partial charge on any atom is -0.355 e. The number of allylic oxidation sites excluding steroid dienone is 2. The number of hydrogen-bond acceptors (Lipinski definition) is 4. The molecule has 1 aromatic rings.